The molecular formula is C23H26ClFN2O2. The van der Waals surface area contributed by atoms with Gasteiger partial charge in [-0.25, -0.2) is 4.39 Å². The summed E-state index contributed by atoms with van der Waals surface area (Å²) in [5.41, 5.74) is 1.06. The highest BCUT2D eigenvalue weighted by molar-refractivity contribution is 6.31. The Hall–Kier alpha value is -2.40. The molecule has 0 radical (unpaired) electrons. The molecule has 0 unspecified atom stereocenters. The molecule has 6 heteroatoms. The third-order valence-electron chi connectivity index (χ3n) is 5.47. The molecule has 1 saturated carbocycles. The zero-order valence-corrected chi connectivity index (χ0v) is 17.3. The first-order chi connectivity index (χ1) is 14.0. The van der Waals surface area contributed by atoms with Gasteiger partial charge in [0.1, 0.15) is 11.9 Å². The van der Waals surface area contributed by atoms with Gasteiger partial charge in [-0.05, 0) is 43.0 Å². The standard InChI is InChI=1S/C23H26ClFN2O2/c1-16(23(29)26-19-10-4-5-11-19)27(15-18-9-2-6-12-20(18)24)22(28)14-17-8-3-7-13-21(17)25/h2-3,6-9,12-13,16,19H,4-5,10-11,14-15H2,1H3,(H,26,29)/t16-/m1/s1. The summed E-state index contributed by atoms with van der Waals surface area (Å²) < 4.78 is 14.1. The number of amides is 2. The van der Waals surface area contributed by atoms with Crippen LogP contribution in [0.3, 0.4) is 0 Å². The van der Waals surface area contributed by atoms with Crippen molar-refractivity contribution in [3.8, 4) is 0 Å². The second-order valence-electron chi connectivity index (χ2n) is 7.55. The highest BCUT2D eigenvalue weighted by atomic mass is 35.5. The van der Waals surface area contributed by atoms with Crippen LogP contribution in [0.2, 0.25) is 5.02 Å². The maximum absolute atomic E-state index is 14.1. The number of nitrogens with one attached hydrogen (secondary N) is 1. The van der Waals surface area contributed by atoms with Crippen LogP contribution in [0.1, 0.15) is 43.7 Å². The van der Waals surface area contributed by atoms with Gasteiger partial charge < -0.3 is 10.2 Å². The smallest absolute Gasteiger partial charge is 0.242 e. The topological polar surface area (TPSA) is 49.4 Å². The number of benzene rings is 2. The summed E-state index contributed by atoms with van der Waals surface area (Å²) in [6, 6.07) is 12.9. The summed E-state index contributed by atoms with van der Waals surface area (Å²) in [5, 5.41) is 3.58. The van der Waals surface area contributed by atoms with Gasteiger partial charge in [0, 0.05) is 17.6 Å². The van der Waals surface area contributed by atoms with E-state index in [-0.39, 0.29) is 30.8 Å². The summed E-state index contributed by atoms with van der Waals surface area (Å²) in [5.74, 6) is -0.934. The van der Waals surface area contributed by atoms with Gasteiger partial charge in [-0.1, -0.05) is 60.8 Å². The molecule has 154 valence electrons. The second kappa shape index (κ2) is 9.88. The van der Waals surface area contributed by atoms with Crippen molar-refractivity contribution in [2.75, 3.05) is 0 Å². The Bertz CT molecular complexity index is 867. The zero-order chi connectivity index (χ0) is 20.8. The molecule has 0 aliphatic heterocycles. The van der Waals surface area contributed by atoms with Crippen LogP contribution in [0.25, 0.3) is 0 Å². The van der Waals surface area contributed by atoms with Gasteiger partial charge in [-0.15, -0.1) is 0 Å². The fourth-order valence-corrected chi connectivity index (χ4v) is 3.89. The lowest BCUT2D eigenvalue weighted by molar-refractivity contribution is -0.140. The van der Waals surface area contributed by atoms with Crippen molar-refractivity contribution < 1.29 is 14.0 Å². The van der Waals surface area contributed by atoms with Crippen LogP contribution in [0, 0.1) is 5.82 Å². The molecule has 0 heterocycles. The van der Waals surface area contributed by atoms with Crippen molar-refractivity contribution in [3.63, 3.8) is 0 Å². The molecule has 2 aromatic rings. The average Bonchev–Trinajstić information content (AvgIpc) is 3.21. The van der Waals surface area contributed by atoms with Crippen LogP contribution < -0.4 is 5.32 Å². The van der Waals surface area contributed by atoms with Crippen molar-refractivity contribution in [2.24, 2.45) is 0 Å². The molecule has 0 saturated heterocycles. The minimum Gasteiger partial charge on any atom is -0.352 e. The predicted molar refractivity (Wildman–Crippen MR) is 112 cm³/mol. The first-order valence-electron chi connectivity index (χ1n) is 10.0. The summed E-state index contributed by atoms with van der Waals surface area (Å²) in [7, 11) is 0. The molecule has 0 aromatic heterocycles. The Labute approximate surface area is 176 Å². The number of rotatable bonds is 7. The van der Waals surface area contributed by atoms with E-state index in [2.05, 4.69) is 5.32 Å². The molecule has 0 bridgehead atoms. The summed E-state index contributed by atoms with van der Waals surface area (Å²) in [6.45, 7) is 1.90. The maximum atomic E-state index is 14.1. The van der Waals surface area contributed by atoms with Crippen LogP contribution in [0.5, 0.6) is 0 Å². The molecule has 1 fully saturated rings. The zero-order valence-electron chi connectivity index (χ0n) is 16.5. The fraction of sp³-hybridized carbons (Fsp3) is 0.391. The van der Waals surface area contributed by atoms with Crippen LogP contribution in [-0.4, -0.2) is 28.8 Å². The maximum Gasteiger partial charge on any atom is 0.242 e. The normalized spacial score (nSPS) is 15.1. The SMILES string of the molecule is C[C@H](C(=O)NC1CCCC1)N(Cc1ccccc1Cl)C(=O)Cc1ccccc1F. The predicted octanol–water partition coefficient (Wildman–Crippen LogP) is 4.50. The highest BCUT2D eigenvalue weighted by Crippen LogP contribution is 2.21. The van der Waals surface area contributed by atoms with Gasteiger partial charge >= 0.3 is 0 Å². The Kier molecular flexibility index (Phi) is 7.26. The first kappa shape index (κ1) is 21.3. The van der Waals surface area contributed by atoms with Crippen molar-refractivity contribution in [2.45, 2.75) is 57.7 Å². The van der Waals surface area contributed by atoms with E-state index in [1.54, 1.807) is 31.2 Å². The van der Waals surface area contributed by atoms with E-state index >= 15 is 0 Å². The van der Waals surface area contributed by atoms with E-state index < -0.39 is 11.9 Å². The van der Waals surface area contributed by atoms with E-state index in [1.165, 1.54) is 11.0 Å². The van der Waals surface area contributed by atoms with Crippen LogP contribution in [0.4, 0.5) is 4.39 Å². The van der Waals surface area contributed by atoms with Gasteiger partial charge in [-0.2, -0.15) is 0 Å². The van der Waals surface area contributed by atoms with Gasteiger partial charge in [0.05, 0.1) is 6.42 Å². The number of carbonyl (C=O) groups is 2. The van der Waals surface area contributed by atoms with Gasteiger partial charge in [0.25, 0.3) is 0 Å². The highest BCUT2D eigenvalue weighted by Gasteiger charge is 2.29. The van der Waals surface area contributed by atoms with Crippen molar-refractivity contribution in [1.29, 1.82) is 0 Å². The summed E-state index contributed by atoms with van der Waals surface area (Å²) in [4.78, 5) is 27.4. The molecule has 1 N–H and O–H groups in total. The number of hydrogen-bond acceptors (Lipinski definition) is 2. The Balaban J connectivity index is 1.80. The molecule has 2 aromatic carbocycles. The van der Waals surface area contributed by atoms with Crippen LogP contribution in [-0.2, 0) is 22.6 Å². The summed E-state index contributed by atoms with van der Waals surface area (Å²) in [6.07, 6.45) is 4.03. The van der Waals surface area contributed by atoms with Crippen LogP contribution >= 0.6 is 11.6 Å². The Morgan fingerprint density at radius 1 is 1.10 bits per heavy atom. The van der Waals surface area contributed by atoms with Crippen molar-refractivity contribution in [3.05, 3.63) is 70.5 Å². The monoisotopic (exact) mass is 416 g/mol. The van der Waals surface area contributed by atoms with Crippen molar-refractivity contribution >= 4 is 23.4 Å². The second-order valence-corrected chi connectivity index (χ2v) is 7.95. The largest absolute Gasteiger partial charge is 0.352 e. The molecular weight excluding hydrogens is 391 g/mol. The van der Waals surface area contributed by atoms with E-state index in [1.807, 2.05) is 18.2 Å². The third-order valence-corrected chi connectivity index (χ3v) is 5.84. The molecule has 0 spiro atoms. The molecule has 3 rings (SSSR count). The van der Waals surface area contributed by atoms with Gasteiger partial charge in [0.15, 0.2) is 0 Å². The van der Waals surface area contributed by atoms with E-state index in [0.29, 0.717) is 10.6 Å². The molecule has 1 aliphatic carbocycles. The Morgan fingerprint density at radius 3 is 2.38 bits per heavy atom. The quantitative estimate of drug-likeness (QED) is 0.722. The van der Waals surface area contributed by atoms with Crippen molar-refractivity contribution in [1.82, 2.24) is 10.2 Å². The lowest BCUT2D eigenvalue weighted by Gasteiger charge is -2.30. The molecule has 4 nitrogen and oxygen atoms in total. The minimum absolute atomic E-state index is 0.113. The lowest BCUT2D eigenvalue weighted by Crippen LogP contribution is -2.50. The lowest BCUT2D eigenvalue weighted by atomic mass is 10.1. The minimum atomic E-state index is -0.689. The van der Waals surface area contributed by atoms with Gasteiger partial charge in [-0.3, -0.25) is 9.59 Å². The fourth-order valence-electron chi connectivity index (χ4n) is 3.69. The Morgan fingerprint density at radius 2 is 1.72 bits per heavy atom. The number of hydrogen-bond donors (Lipinski definition) is 1. The molecule has 1 atom stereocenters. The van der Waals surface area contributed by atoms with Crippen LogP contribution in [0.15, 0.2) is 48.5 Å². The third kappa shape index (κ3) is 5.57. The van der Waals surface area contributed by atoms with E-state index in [9.17, 15) is 14.0 Å². The average molecular weight is 417 g/mol. The number of halogens is 2. The number of nitrogens with zero attached hydrogens (tertiary/aromatic N) is 1. The summed E-state index contributed by atoms with van der Waals surface area (Å²) >= 11 is 6.28. The molecule has 29 heavy (non-hydrogen) atoms. The van der Waals surface area contributed by atoms with E-state index in [4.69, 9.17) is 11.6 Å². The van der Waals surface area contributed by atoms with E-state index in [0.717, 1.165) is 31.2 Å². The first-order valence-corrected chi connectivity index (χ1v) is 10.4. The van der Waals surface area contributed by atoms with Gasteiger partial charge in [0.2, 0.25) is 11.8 Å². The molecule has 2 amide bonds. The number of carbonyl (C=O) groups excluding carboxylic acids is 2. The molecule has 1 aliphatic rings.